The number of amides is 1. The number of carbonyl (C=O) groups excluding carboxylic acids is 1. The maximum Gasteiger partial charge on any atom is 0.260 e. The van der Waals surface area contributed by atoms with Crippen molar-refractivity contribution in [1.29, 1.82) is 0 Å². The van der Waals surface area contributed by atoms with Crippen molar-refractivity contribution < 1.29 is 9.53 Å². The van der Waals surface area contributed by atoms with Gasteiger partial charge in [-0.3, -0.25) is 4.79 Å². The van der Waals surface area contributed by atoms with E-state index < -0.39 is 0 Å². The zero-order chi connectivity index (χ0) is 21.1. The van der Waals surface area contributed by atoms with Crippen LogP contribution in [0.1, 0.15) is 42.6 Å². The molecule has 0 saturated heterocycles. The predicted octanol–water partition coefficient (Wildman–Crippen LogP) is 5.34. The van der Waals surface area contributed by atoms with Crippen LogP contribution < -0.4 is 10.1 Å². The van der Waals surface area contributed by atoms with Gasteiger partial charge in [0.25, 0.3) is 5.91 Å². The molecule has 0 atom stereocenters. The summed E-state index contributed by atoms with van der Waals surface area (Å²) < 4.78 is 7.51. The van der Waals surface area contributed by atoms with Gasteiger partial charge in [0.1, 0.15) is 5.75 Å². The van der Waals surface area contributed by atoms with E-state index in [0.717, 1.165) is 46.9 Å². The molecule has 6 heteroatoms. The lowest BCUT2D eigenvalue weighted by atomic mass is 10.1. The summed E-state index contributed by atoms with van der Waals surface area (Å²) >= 11 is 0. The molecule has 4 rings (SSSR count). The van der Waals surface area contributed by atoms with E-state index in [1.54, 1.807) is 12.1 Å². The second kappa shape index (κ2) is 8.53. The van der Waals surface area contributed by atoms with Gasteiger partial charge in [0.2, 0.25) is 0 Å². The first-order valence-electron chi connectivity index (χ1n) is 10.4. The highest BCUT2D eigenvalue weighted by molar-refractivity contribution is 6.10. The Kier molecular flexibility index (Phi) is 5.65. The third kappa shape index (κ3) is 3.85. The van der Waals surface area contributed by atoms with E-state index in [1.165, 1.54) is 0 Å². The third-order valence-electron chi connectivity index (χ3n) is 5.06. The minimum Gasteiger partial charge on any atom is -0.493 e. The molecule has 6 nitrogen and oxygen atoms in total. The summed E-state index contributed by atoms with van der Waals surface area (Å²) in [6.45, 7) is 7.35. The molecular formula is C24H26N4O2. The molecule has 2 aromatic heterocycles. The summed E-state index contributed by atoms with van der Waals surface area (Å²) in [4.78, 5) is 17.9. The minimum absolute atomic E-state index is 0.245. The summed E-state index contributed by atoms with van der Waals surface area (Å²) in [5.74, 6) is 0.837. The van der Waals surface area contributed by atoms with Crippen LogP contribution in [0.25, 0.3) is 21.9 Å². The molecule has 0 aliphatic rings. The number of hydrogen-bond acceptors (Lipinski definition) is 4. The van der Waals surface area contributed by atoms with Crippen LogP contribution >= 0.6 is 0 Å². The minimum atomic E-state index is -0.245. The average Bonchev–Trinajstić information content (AvgIpc) is 3.07. The quantitative estimate of drug-likeness (QED) is 0.453. The van der Waals surface area contributed by atoms with Crippen LogP contribution in [0.5, 0.6) is 5.75 Å². The number of nitrogens with zero attached hydrogens (tertiary/aromatic N) is 3. The average molecular weight is 402 g/mol. The highest BCUT2D eigenvalue weighted by atomic mass is 16.5. The van der Waals surface area contributed by atoms with Crippen LogP contribution in [0.2, 0.25) is 0 Å². The highest BCUT2D eigenvalue weighted by Crippen LogP contribution is 2.28. The molecule has 2 heterocycles. The molecule has 0 radical (unpaired) electrons. The van der Waals surface area contributed by atoms with E-state index in [9.17, 15) is 4.79 Å². The monoisotopic (exact) mass is 402 g/mol. The van der Waals surface area contributed by atoms with E-state index in [4.69, 9.17) is 14.8 Å². The van der Waals surface area contributed by atoms with Gasteiger partial charge in [0, 0.05) is 11.9 Å². The van der Waals surface area contributed by atoms with Gasteiger partial charge in [0.05, 0.1) is 23.1 Å². The second-order valence-electron chi connectivity index (χ2n) is 7.36. The Morgan fingerprint density at radius 3 is 2.77 bits per heavy atom. The summed E-state index contributed by atoms with van der Waals surface area (Å²) in [5, 5.41) is 9.54. The van der Waals surface area contributed by atoms with E-state index in [2.05, 4.69) is 43.4 Å². The number of fused-ring (bicyclic) bond motifs is 2. The first-order chi connectivity index (χ1) is 14.6. The fourth-order valence-corrected chi connectivity index (χ4v) is 3.53. The topological polar surface area (TPSA) is 69.0 Å². The van der Waals surface area contributed by atoms with E-state index in [1.807, 2.05) is 23.7 Å². The maximum absolute atomic E-state index is 13.0. The number of rotatable bonds is 7. The number of ether oxygens (including phenoxy) is 1. The van der Waals surface area contributed by atoms with Crippen LogP contribution in [0.15, 0.2) is 48.5 Å². The number of benzene rings is 2. The molecule has 0 unspecified atom stereocenters. The van der Waals surface area contributed by atoms with Gasteiger partial charge >= 0.3 is 0 Å². The molecule has 0 aliphatic carbocycles. The Bertz CT molecular complexity index is 1210. The Balaban J connectivity index is 1.78. The van der Waals surface area contributed by atoms with Crippen LogP contribution in [0, 0.1) is 6.92 Å². The molecule has 0 bridgehead atoms. The van der Waals surface area contributed by atoms with Crippen LogP contribution in [-0.4, -0.2) is 27.3 Å². The standard InChI is InChI=1S/C24H26N4O2/c1-4-6-13-28-23-19(15-17-12-11-16(3)14-20(17)25-23)22(27-28)26-24(29)18-9-7-8-10-21(18)30-5-2/h7-12,14-15H,4-6,13H2,1-3H3,(H,26,27,29). The first-order valence-corrected chi connectivity index (χ1v) is 10.4. The maximum atomic E-state index is 13.0. The normalized spacial score (nSPS) is 11.2. The Hall–Kier alpha value is -3.41. The number of para-hydroxylation sites is 1. The highest BCUT2D eigenvalue weighted by Gasteiger charge is 2.18. The number of pyridine rings is 1. The SMILES string of the molecule is CCCCn1nc(NC(=O)c2ccccc2OCC)c2cc3ccc(C)cc3nc21. The van der Waals surface area contributed by atoms with Gasteiger partial charge < -0.3 is 10.1 Å². The number of aromatic nitrogens is 3. The first kappa shape index (κ1) is 19.9. The smallest absolute Gasteiger partial charge is 0.260 e. The molecule has 1 amide bonds. The Morgan fingerprint density at radius 1 is 1.13 bits per heavy atom. The fourth-order valence-electron chi connectivity index (χ4n) is 3.53. The van der Waals surface area contributed by atoms with E-state index >= 15 is 0 Å². The Morgan fingerprint density at radius 2 is 1.97 bits per heavy atom. The van der Waals surface area contributed by atoms with E-state index in [-0.39, 0.29) is 5.91 Å². The van der Waals surface area contributed by atoms with Gasteiger partial charge in [0.15, 0.2) is 11.5 Å². The number of carbonyl (C=O) groups is 1. The number of nitrogens with one attached hydrogen (secondary N) is 1. The van der Waals surface area contributed by atoms with Crippen molar-refractivity contribution in [3.8, 4) is 5.75 Å². The molecule has 4 aromatic rings. The predicted molar refractivity (Wildman–Crippen MR) is 120 cm³/mol. The van der Waals surface area contributed by atoms with Gasteiger partial charge in [-0.05, 0) is 50.1 Å². The molecule has 0 aliphatic heterocycles. The summed E-state index contributed by atoms with van der Waals surface area (Å²) in [6, 6.07) is 15.5. The van der Waals surface area contributed by atoms with E-state index in [0.29, 0.717) is 23.7 Å². The molecule has 154 valence electrons. The van der Waals surface area contributed by atoms with Crippen molar-refractivity contribution in [1.82, 2.24) is 14.8 Å². The lowest BCUT2D eigenvalue weighted by molar-refractivity contribution is 0.102. The summed E-state index contributed by atoms with van der Waals surface area (Å²) in [7, 11) is 0. The third-order valence-corrected chi connectivity index (χ3v) is 5.06. The molecule has 30 heavy (non-hydrogen) atoms. The Labute approximate surface area is 175 Å². The van der Waals surface area contributed by atoms with Crippen molar-refractivity contribution >= 4 is 33.7 Å². The fraction of sp³-hybridized carbons (Fsp3) is 0.292. The van der Waals surface area contributed by atoms with Crippen LogP contribution in [0.3, 0.4) is 0 Å². The second-order valence-corrected chi connectivity index (χ2v) is 7.36. The van der Waals surface area contributed by atoms with Crippen molar-refractivity contribution in [2.45, 2.75) is 40.2 Å². The molecule has 0 saturated carbocycles. The summed E-state index contributed by atoms with van der Waals surface area (Å²) in [6.07, 6.45) is 2.04. The van der Waals surface area contributed by atoms with Gasteiger partial charge in [-0.2, -0.15) is 5.10 Å². The van der Waals surface area contributed by atoms with Gasteiger partial charge in [-0.25, -0.2) is 9.67 Å². The van der Waals surface area contributed by atoms with Gasteiger partial charge in [-0.15, -0.1) is 0 Å². The van der Waals surface area contributed by atoms with Gasteiger partial charge in [-0.1, -0.05) is 37.6 Å². The zero-order valence-corrected chi connectivity index (χ0v) is 17.6. The van der Waals surface area contributed by atoms with Crippen molar-refractivity contribution in [2.24, 2.45) is 0 Å². The van der Waals surface area contributed by atoms with Crippen LogP contribution in [-0.2, 0) is 6.54 Å². The number of aryl methyl sites for hydroxylation is 2. The zero-order valence-electron chi connectivity index (χ0n) is 17.6. The summed E-state index contributed by atoms with van der Waals surface area (Å²) in [5.41, 5.74) is 3.37. The lowest BCUT2D eigenvalue weighted by Gasteiger charge is -2.09. The molecule has 2 aromatic carbocycles. The van der Waals surface area contributed by atoms with Crippen molar-refractivity contribution in [3.05, 3.63) is 59.7 Å². The lowest BCUT2D eigenvalue weighted by Crippen LogP contribution is -2.14. The molecule has 1 N–H and O–H groups in total. The number of unbranched alkanes of at least 4 members (excludes halogenated alkanes) is 1. The largest absolute Gasteiger partial charge is 0.493 e. The van der Waals surface area contributed by atoms with Crippen molar-refractivity contribution in [2.75, 3.05) is 11.9 Å². The van der Waals surface area contributed by atoms with Crippen LogP contribution in [0.4, 0.5) is 5.82 Å². The molecular weight excluding hydrogens is 376 g/mol. The molecule has 0 spiro atoms. The molecule has 0 fully saturated rings. The number of hydrogen-bond donors (Lipinski definition) is 1. The number of anilines is 1. The van der Waals surface area contributed by atoms with Crippen molar-refractivity contribution in [3.63, 3.8) is 0 Å².